The number of likely N-dealkylation sites (N-methyl/N-ethyl adjacent to an activating group) is 2. The van der Waals surface area contributed by atoms with Crippen molar-refractivity contribution >= 4 is 29.7 Å². The third-order valence-electron chi connectivity index (χ3n) is 10.4. The van der Waals surface area contributed by atoms with Crippen LogP contribution in [0.25, 0.3) is 0 Å². The Labute approximate surface area is 352 Å². The van der Waals surface area contributed by atoms with E-state index in [4.69, 9.17) is 14.2 Å². The fraction of sp³-hybridized carbons (Fsp3) is 0.844. The standard InChI is InChI=1S/C45H84N4O9/c1-8-9-22-28-42(58-45(55)38-49(6,7)35-37-57-40(3)51)41(52)27-23-18-14-10-11-15-19-24-29-43(53)46-31-25-20-16-12-13-17-21-26-32-47-44(54)30-33-48(4,5)34-36-56-39(2)50/h18,23,41-42,52H,8-17,19-22,24-38H2,1-7H3/p+2. The summed E-state index contributed by atoms with van der Waals surface area (Å²) >= 11 is 0. The van der Waals surface area contributed by atoms with E-state index in [1.165, 1.54) is 39.5 Å². The van der Waals surface area contributed by atoms with Crippen LogP contribution in [0.3, 0.4) is 0 Å². The molecule has 0 radical (unpaired) electrons. The number of nitrogens with one attached hydrogen (secondary N) is 2. The first-order valence-electron chi connectivity index (χ1n) is 22.5. The second kappa shape index (κ2) is 34.8. The Morgan fingerprint density at radius 3 is 1.66 bits per heavy atom. The average Bonchev–Trinajstić information content (AvgIpc) is 3.14. The Hall–Kier alpha value is -3.03. The predicted octanol–water partition coefficient (Wildman–Crippen LogP) is 6.54. The number of aliphatic hydroxyl groups excluding tert-OH is 1. The van der Waals surface area contributed by atoms with Crippen LogP contribution in [0.5, 0.6) is 0 Å². The summed E-state index contributed by atoms with van der Waals surface area (Å²) in [7, 11) is 7.85. The van der Waals surface area contributed by atoms with Crippen LogP contribution in [-0.4, -0.2) is 137 Å². The van der Waals surface area contributed by atoms with Crippen LogP contribution in [-0.2, 0) is 38.2 Å². The van der Waals surface area contributed by atoms with Crippen molar-refractivity contribution in [2.24, 2.45) is 0 Å². The second-order valence-electron chi connectivity index (χ2n) is 17.3. The number of amides is 2. The molecule has 0 heterocycles. The molecule has 0 bridgehead atoms. The van der Waals surface area contributed by atoms with Crippen molar-refractivity contribution in [1.82, 2.24) is 10.6 Å². The first-order valence-corrected chi connectivity index (χ1v) is 22.5. The number of esters is 3. The summed E-state index contributed by atoms with van der Waals surface area (Å²) in [5.74, 6) is -0.745. The van der Waals surface area contributed by atoms with Crippen molar-refractivity contribution in [1.29, 1.82) is 0 Å². The minimum absolute atomic E-state index is 0.0794. The Kier molecular flexibility index (Phi) is 33.0. The highest BCUT2D eigenvalue weighted by atomic mass is 16.6. The number of hydrogen-bond donors (Lipinski definition) is 3. The third kappa shape index (κ3) is 36.1. The topological polar surface area (TPSA) is 157 Å². The van der Waals surface area contributed by atoms with Crippen LogP contribution in [0.2, 0.25) is 0 Å². The number of hydrogen-bond acceptors (Lipinski definition) is 9. The highest BCUT2D eigenvalue weighted by molar-refractivity contribution is 5.76. The first-order chi connectivity index (χ1) is 27.6. The van der Waals surface area contributed by atoms with Crippen LogP contribution in [0.1, 0.15) is 156 Å². The van der Waals surface area contributed by atoms with E-state index in [-0.39, 0.29) is 42.9 Å². The lowest BCUT2D eigenvalue weighted by Gasteiger charge is -2.30. The van der Waals surface area contributed by atoms with Gasteiger partial charge in [0.25, 0.3) is 0 Å². The number of quaternary nitrogens is 2. The Balaban J connectivity index is 3.87. The zero-order valence-corrected chi connectivity index (χ0v) is 37.9. The highest BCUT2D eigenvalue weighted by Gasteiger charge is 2.27. The fourth-order valence-corrected chi connectivity index (χ4v) is 6.48. The molecule has 0 saturated carbocycles. The zero-order chi connectivity index (χ0) is 43.5. The van der Waals surface area contributed by atoms with E-state index in [0.29, 0.717) is 60.9 Å². The molecule has 13 heteroatoms. The molecule has 2 unspecified atom stereocenters. The molecular weight excluding hydrogens is 741 g/mol. The van der Waals surface area contributed by atoms with Crippen molar-refractivity contribution in [2.75, 3.05) is 80.7 Å². The lowest BCUT2D eigenvalue weighted by Crippen LogP contribution is -2.47. The Morgan fingerprint density at radius 1 is 0.603 bits per heavy atom. The van der Waals surface area contributed by atoms with Crippen molar-refractivity contribution in [2.45, 2.75) is 168 Å². The summed E-state index contributed by atoms with van der Waals surface area (Å²) in [5, 5.41) is 17.0. The average molecular weight is 827 g/mol. The maximum absolute atomic E-state index is 12.7. The molecule has 0 rings (SSSR count). The van der Waals surface area contributed by atoms with Gasteiger partial charge in [-0.2, -0.15) is 0 Å². The van der Waals surface area contributed by atoms with Crippen LogP contribution in [0.15, 0.2) is 12.2 Å². The smallest absolute Gasteiger partial charge is 0.362 e. The normalized spacial score (nSPS) is 12.9. The van der Waals surface area contributed by atoms with Gasteiger partial charge in [-0.05, 0) is 51.4 Å². The van der Waals surface area contributed by atoms with Gasteiger partial charge in [0.2, 0.25) is 11.8 Å². The molecule has 0 aliphatic heterocycles. The van der Waals surface area contributed by atoms with Gasteiger partial charge in [-0.1, -0.05) is 89.7 Å². The number of carbonyl (C=O) groups is 5. The van der Waals surface area contributed by atoms with Gasteiger partial charge in [-0.3, -0.25) is 19.2 Å². The maximum Gasteiger partial charge on any atom is 0.362 e. The van der Waals surface area contributed by atoms with E-state index in [1.54, 1.807) is 0 Å². The molecule has 0 aromatic rings. The zero-order valence-electron chi connectivity index (χ0n) is 37.9. The summed E-state index contributed by atoms with van der Waals surface area (Å²) in [6, 6.07) is 0. The number of unbranched alkanes of at least 4 members (excludes halogenated alkanes) is 14. The molecule has 58 heavy (non-hydrogen) atoms. The molecule has 13 nitrogen and oxygen atoms in total. The van der Waals surface area contributed by atoms with Gasteiger partial charge >= 0.3 is 17.9 Å². The number of rotatable bonds is 38. The quantitative estimate of drug-likeness (QED) is 0.0207. The van der Waals surface area contributed by atoms with Crippen LogP contribution in [0.4, 0.5) is 0 Å². The number of allylic oxidation sites excluding steroid dienone is 1. The minimum atomic E-state index is -0.752. The molecule has 0 aromatic heterocycles. The molecule has 2 atom stereocenters. The van der Waals surface area contributed by atoms with E-state index >= 15 is 0 Å². The molecule has 0 fully saturated rings. The lowest BCUT2D eigenvalue weighted by atomic mass is 10.0. The molecule has 0 aromatic carbocycles. The SMILES string of the molecule is CCCCCC(OC(=O)C[N+](C)(C)CCOC(C)=O)C(O)CC=CCCCCCCCC(=O)NCCCCCCCCCCNC(=O)CC[N+](C)(C)CCOC(C)=O. The van der Waals surface area contributed by atoms with Crippen LogP contribution in [0, 0.1) is 0 Å². The van der Waals surface area contributed by atoms with Crippen LogP contribution < -0.4 is 10.6 Å². The van der Waals surface area contributed by atoms with Crippen molar-refractivity contribution in [3.63, 3.8) is 0 Å². The Bertz CT molecular complexity index is 1150. The Morgan fingerprint density at radius 2 is 1.10 bits per heavy atom. The maximum atomic E-state index is 12.7. The summed E-state index contributed by atoms with van der Waals surface area (Å²) in [5.41, 5.74) is 0. The summed E-state index contributed by atoms with van der Waals surface area (Å²) in [6.07, 6.45) is 23.1. The van der Waals surface area contributed by atoms with Crippen LogP contribution >= 0.6 is 0 Å². The van der Waals surface area contributed by atoms with Gasteiger partial charge in [-0.25, -0.2) is 4.79 Å². The molecular formula is C45H86N4O9+2. The number of carbonyl (C=O) groups excluding carboxylic acids is 5. The molecule has 3 N–H and O–H groups in total. The summed E-state index contributed by atoms with van der Waals surface area (Å²) in [4.78, 5) is 59.1. The molecule has 0 saturated heterocycles. The monoisotopic (exact) mass is 827 g/mol. The van der Waals surface area contributed by atoms with E-state index in [1.807, 2.05) is 34.3 Å². The second-order valence-corrected chi connectivity index (χ2v) is 17.3. The molecule has 2 amide bonds. The van der Waals surface area contributed by atoms with E-state index in [9.17, 15) is 29.1 Å². The van der Waals surface area contributed by atoms with Gasteiger partial charge in [0, 0.05) is 33.4 Å². The minimum Gasteiger partial charge on any atom is -0.460 e. The van der Waals surface area contributed by atoms with Gasteiger partial charge in [-0.15, -0.1) is 0 Å². The van der Waals surface area contributed by atoms with Gasteiger partial charge < -0.3 is 38.9 Å². The van der Waals surface area contributed by atoms with Gasteiger partial charge in [0.15, 0.2) is 6.54 Å². The highest BCUT2D eigenvalue weighted by Crippen LogP contribution is 2.16. The number of aliphatic hydroxyl groups is 1. The van der Waals surface area contributed by atoms with E-state index in [0.717, 1.165) is 96.6 Å². The molecule has 0 spiro atoms. The molecule has 0 aliphatic carbocycles. The van der Waals surface area contributed by atoms with Crippen molar-refractivity contribution in [3.8, 4) is 0 Å². The van der Waals surface area contributed by atoms with E-state index in [2.05, 4.69) is 23.6 Å². The molecule has 0 aliphatic rings. The lowest BCUT2D eigenvalue weighted by molar-refractivity contribution is -0.889. The molecule has 338 valence electrons. The first kappa shape index (κ1) is 55.0. The van der Waals surface area contributed by atoms with Gasteiger partial charge in [0.1, 0.15) is 32.4 Å². The third-order valence-corrected chi connectivity index (χ3v) is 10.4. The van der Waals surface area contributed by atoms with E-state index < -0.39 is 12.2 Å². The number of ether oxygens (including phenoxy) is 3. The fourth-order valence-electron chi connectivity index (χ4n) is 6.48. The summed E-state index contributed by atoms with van der Waals surface area (Å²) in [6.45, 7) is 9.00. The summed E-state index contributed by atoms with van der Waals surface area (Å²) < 4.78 is 16.8. The largest absolute Gasteiger partial charge is 0.460 e. The van der Waals surface area contributed by atoms with Crippen molar-refractivity contribution < 1.29 is 52.3 Å². The number of nitrogens with zero attached hydrogens (tertiary/aromatic N) is 2. The van der Waals surface area contributed by atoms with Gasteiger partial charge in [0.05, 0.1) is 47.3 Å². The predicted molar refractivity (Wildman–Crippen MR) is 231 cm³/mol. The van der Waals surface area contributed by atoms with Crippen molar-refractivity contribution in [3.05, 3.63) is 12.2 Å².